The number of carbonyl (C=O) groups is 4. The molecular formula is C18H23N3O4. The Morgan fingerprint density at radius 3 is 2.16 bits per heavy atom. The molecule has 25 heavy (non-hydrogen) atoms. The molecule has 1 heterocycles. The van der Waals surface area contributed by atoms with Crippen LogP contribution in [0.25, 0.3) is 0 Å². The minimum atomic E-state index is -0.381. The fourth-order valence-corrected chi connectivity index (χ4v) is 2.54. The summed E-state index contributed by atoms with van der Waals surface area (Å²) in [6, 6.07) is 4.23. The van der Waals surface area contributed by atoms with E-state index in [1.54, 1.807) is 27.7 Å². The largest absolute Gasteiger partial charge is 0.354 e. The van der Waals surface area contributed by atoms with Crippen LogP contribution < -0.4 is 10.6 Å². The van der Waals surface area contributed by atoms with Crippen molar-refractivity contribution in [3.05, 3.63) is 34.9 Å². The van der Waals surface area contributed by atoms with E-state index in [-0.39, 0.29) is 47.7 Å². The molecule has 0 atom stereocenters. The number of amides is 4. The van der Waals surface area contributed by atoms with Crippen molar-refractivity contribution in [2.75, 3.05) is 13.1 Å². The van der Waals surface area contributed by atoms with Crippen LogP contribution in [0.5, 0.6) is 0 Å². The second-order valence-corrected chi connectivity index (χ2v) is 6.54. The number of benzene rings is 1. The lowest BCUT2D eigenvalue weighted by Crippen LogP contribution is -2.36. The van der Waals surface area contributed by atoms with E-state index < -0.39 is 0 Å². The first-order valence-corrected chi connectivity index (χ1v) is 8.32. The Morgan fingerprint density at radius 1 is 0.960 bits per heavy atom. The summed E-state index contributed by atoms with van der Waals surface area (Å²) in [5.41, 5.74) is 0.875. The van der Waals surface area contributed by atoms with Crippen molar-refractivity contribution in [3.63, 3.8) is 0 Å². The first kappa shape index (κ1) is 18.6. The molecule has 0 aliphatic carbocycles. The highest BCUT2D eigenvalue weighted by Gasteiger charge is 2.37. The van der Waals surface area contributed by atoms with E-state index in [4.69, 9.17) is 0 Å². The number of rotatable bonds is 6. The fraction of sp³-hybridized carbons (Fsp3) is 0.444. The lowest BCUT2D eigenvalue weighted by Gasteiger charge is -2.17. The summed E-state index contributed by atoms with van der Waals surface area (Å²) in [6.45, 7) is 7.71. The molecule has 0 fully saturated rings. The fourth-order valence-electron chi connectivity index (χ4n) is 2.54. The zero-order valence-electron chi connectivity index (χ0n) is 14.9. The van der Waals surface area contributed by atoms with Gasteiger partial charge in [0.2, 0.25) is 5.91 Å². The zero-order valence-corrected chi connectivity index (χ0v) is 14.9. The van der Waals surface area contributed by atoms with E-state index in [1.807, 2.05) is 0 Å². The highest BCUT2D eigenvalue weighted by molar-refractivity contribution is 6.22. The van der Waals surface area contributed by atoms with Crippen molar-refractivity contribution >= 4 is 23.6 Å². The third kappa shape index (κ3) is 3.87. The molecule has 7 heteroatoms. The Bertz CT molecular complexity index is 725. The van der Waals surface area contributed by atoms with Gasteiger partial charge in [0, 0.05) is 30.6 Å². The zero-order chi connectivity index (χ0) is 18.7. The Balaban J connectivity index is 2.01. The summed E-state index contributed by atoms with van der Waals surface area (Å²) in [6.07, 6.45) is 0. The van der Waals surface area contributed by atoms with Crippen molar-refractivity contribution in [2.45, 2.75) is 33.7 Å². The predicted molar refractivity (Wildman–Crippen MR) is 92.3 cm³/mol. The van der Waals surface area contributed by atoms with Gasteiger partial charge in [-0.2, -0.15) is 0 Å². The van der Waals surface area contributed by atoms with Gasteiger partial charge in [0.05, 0.1) is 11.1 Å². The van der Waals surface area contributed by atoms with Crippen molar-refractivity contribution in [1.29, 1.82) is 0 Å². The van der Waals surface area contributed by atoms with E-state index in [9.17, 15) is 19.2 Å². The summed E-state index contributed by atoms with van der Waals surface area (Å²) < 4.78 is 0. The minimum Gasteiger partial charge on any atom is -0.354 e. The van der Waals surface area contributed by atoms with Gasteiger partial charge in [-0.25, -0.2) is 0 Å². The van der Waals surface area contributed by atoms with Gasteiger partial charge in [-0.3, -0.25) is 24.1 Å². The topological polar surface area (TPSA) is 95.6 Å². The van der Waals surface area contributed by atoms with Crippen molar-refractivity contribution in [2.24, 2.45) is 5.92 Å². The van der Waals surface area contributed by atoms with Crippen molar-refractivity contribution < 1.29 is 19.2 Å². The number of hydrogen-bond acceptors (Lipinski definition) is 4. The van der Waals surface area contributed by atoms with Gasteiger partial charge in [-0.1, -0.05) is 13.8 Å². The van der Waals surface area contributed by atoms with Crippen LogP contribution in [0.3, 0.4) is 0 Å². The van der Waals surface area contributed by atoms with Crippen LogP contribution in [0.2, 0.25) is 0 Å². The number of imide groups is 1. The lowest BCUT2D eigenvalue weighted by molar-refractivity contribution is -0.123. The summed E-state index contributed by atoms with van der Waals surface area (Å²) in [5, 5.41) is 5.38. The van der Waals surface area contributed by atoms with Gasteiger partial charge in [0.25, 0.3) is 17.7 Å². The number of nitrogens with zero attached hydrogens (tertiary/aromatic N) is 1. The second kappa shape index (κ2) is 7.46. The highest BCUT2D eigenvalue weighted by atomic mass is 16.2. The molecule has 4 amide bonds. The molecule has 2 rings (SSSR count). The van der Waals surface area contributed by atoms with Crippen LogP contribution >= 0.6 is 0 Å². The maximum Gasteiger partial charge on any atom is 0.261 e. The Hall–Kier alpha value is -2.70. The standard InChI is InChI=1S/C18H23N3O4/c1-10(2)15(22)19-7-8-20-16(23)12-5-6-13-14(9-12)18(25)21(11(3)4)17(13)24/h5-6,9-11H,7-8H2,1-4H3,(H,19,22)(H,20,23). The molecule has 1 aliphatic rings. The average Bonchev–Trinajstić information content (AvgIpc) is 2.81. The summed E-state index contributed by atoms with van der Waals surface area (Å²) >= 11 is 0. The Kier molecular flexibility index (Phi) is 5.56. The summed E-state index contributed by atoms with van der Waals surface area (Å²) in [7, 11) is 0. The van der Waals surface area contributed by atoms with Gasteiger partial charge in [0.15, 0.2) is 0 Å². The molecule has 7 nitrogen and oxygen atoms in total. The monoisotopic (exact) mass is 345 g/mol. The van der Waals surface area contributed by atoms with Crippen LogP contribution in [-0.2, 0) is 4.79 Å². The molecule has 1 aromatic rings. The molecule has 0 bridgehead atoms. The number of hydrogen-bond donors (Lipinski definition) is 2. The van der Waals surface area contributed by atoms with Gasteiger partial charge < -0.3 is 10.6 Å². The molecule has 0 spiro atoms. The quantitative estimate of drug-likeness (QED) is 0.598. The molecule has 1 aromatic carbocycles. The van der Waals surface area contributed by atoms with Crippen LogP contribution in [-0.4, -0.2) is 47.7 Å². The normalized spacial score (nSPS) is 13.4. The molecule has 0 radical (unpaired) electrons. The van der Waals surface area contributed by atoms with Crippen molar-refractivity contribution in [1.82, 2.24) is 15.5 Å². The minimum absolute atomic E-state index is 0.0790. The molecule has 0 aromatic heterocycles. The SMILES string of the molecule is CC(C)C(=O)NCCNC(=O)c1ccc2c(c1)C(=O)N(C(C)C)C2=O. The van der Waals surface area contributed by atoms with Gasteiger partial charge in [-0.15, -0.1) is 0 Å². The van der Waals surface area contributed by atoms with Gasteiger partial charge in [-0.05, 0) is 32.0 Å². The lowest BCUT2D eigenvalue weighted by atomic mass is 10.1. The second-order valence-electron chi connectivity index (χ2n) is 6.54. The van der Waals surface area contributed by atoms with E-state index in [2.05, 4.69) is 10.6 Å². The highest BCUT2D eigenvalue weighted by Crippen LogP contribution is 2.25. The molecule has 134 valence electrons. The number of fused-ring (bicyclic) bond motifs is 1. The van der Waals surface area contributed by atoms with E-state index >= 15 is 0 Å². The first-order chi connectivity index (χ1) is 11.7. The summed E-state index contributed by atoms with van der Waals surface area (Å²) in [4.78, 5) is 49.4. The number of nitrogens with one attached hydrogen (secondary N) is 2. The van der Waals surface area contributed by atoms with Crippen LogP contribution in [0.15, 0.2) is 18.2 Å². The smallest absolute Gasteiger partial charge is 0.261 e. The molecular weight excluding hydrogens is 322 g/mol. The maximum absolute atomic E-state index is 12.3. The predicted octanol–water partition coefficient (Wildman–Crippen LogP) is 1.19. The average molecular weight is 345 g/mol. The van der Waals surface area contributed by atoms with E-state index in [0.717, 1.165) is 0 Å². The van der Waals surface area contributed by atoms with Crippen molar-refractivity contribution in [3.8, 4) is 0 Å². The van der Waals surface area contributed by atoms with Crippen LogP contribution in [0.1, 0.15) is 58.8 Å². The molecule has 0 saturated carbocycles. The van der Waals surface area contributed by atoms with E-state index in [1.165, 1.54) is 23.1 Å². The van der Waals surface area contributed by atoms with E-state index in [0.29, 0.717) is 17.7 Å². The molecule has 1 aliphatic heterocycles. The van der Waals surface area contributed by atoms with Crippen LogP contribution in [0, 0.1) is 5.92 Å². The van der Waals surface area contributed by atoms with Crippen LogP contribution in [0.4, 0.5) is 0 Å². The molecule has 2 N–H and O–H groups in total. The molecule has 0 unspecified atom stereocenters. The first-order valence-electron chi connectivity index (χ1n) is 8.32. The maximum atomic E-state index is 12.3. The van der Waals surface area contributed by atoms with Gasteiger partial charge in [0.1, 0.15) is 0 Å². The molecule has 0 saturated heterocycles. The Labute approximate surface area is 146 Å². The third-order valence-electron chi connectivity index (χ3n) is 3.93. The number of carbonyl (C=O) groups excluding carboxylic acids is 4. The van der Waals surface area contributed by atoms with Gasteiger partial charge >= 0.3 is 0 Å². The Morgan fingerprint density at radius 2 is 1.56 bits per heavy atom. The summed E-state index contributed by atoms with van der Waals surface area (Å²) in [5.74, 6) is -1.26. The third-order valence-corrected chi connectivity index (χ3v) is 3.93.